The third kappa shape index (κ3) is 4.70. The van der Waals surface area contributed by atoms with E-state index >= 15 is 0 Å². The Hall–Kier alpha value is -0.120. The topological polar surface area (TPSA) is 49.5 Å². The molecule has 0 saturated heterocycles. The Balaban J connectivity index is 3.59. The molecule has 0 aromatic carbocycles. The molecule has 3 N–H and O–H groups in total. The van der Waals surface area contributed by atoms with Crippen molar-refractivity contribution in [3.05, 3.63) is 0 Å². The molecular weight excluding hydrogens is 152 g/mol. The van der Waals surface area contributed by atoms with Gasteiger partial charge in [-0.3, -0.25) is 0 Å². The van der Waals surface area contributed by atoms with Gasteiger partial charge in [0, 0.05) is 25.2 Å². The zero-order valence-electron chi connectivity index (χ0n) is 8.45. The lowest BCUT2D eigenvalue weighted by Crippen LogP contribution is -2.40. The molecule has 2 unspecified atom stereocenters. The van der Waals surface area contributed by atoms with Gasteiger partial charge in [-0.05, 0) is 26.8 Å². The van der Waals surface area contributed by atoms with Crippen LogP contribution in [0.25, 0.3) is 0 Å². The highest BCUT2D eigenvalue weighted by Gasteiger charge is 2.10. The minimum Gasteiger partial charge on any atom is -0.396 e. The van der Waals surface area contributed by atoms with Crippen molar-refractivity contribution >= 4 is 0 Å². The highest BCUT2D eigenvalue weighted by Crippen LogP contribution is 2.01. The number of rotatable bonds is 6. The lowest BCUT2D eigenvalue weighted by atomic mass is 10.1. The molecule has 3 heteroatoms. The molecule has 2 atom stereocenters. The van der Waals surface area contributed by atoms with Gasteiger partial charge in [-0.15, -0.1) is 0 Å². The van der Waals surface area contributed by atoms with Gasteiger partial charge in [0.25, 0.3) is 0 Å². The maximum Gasteiger partial charge on any atom is 0.0446 e. The van der Waals surface area contributed by atoms with Crippen LogP contribution >= 0.6 is 0 Å². The monoisotopic (exact) mass is 174 g/mol. The highest BCUT2D eigenvalue weighted by molar-refractivity contribution is 4.69. The molecule has 74 valence electrons. The van der Waals surface area contributed by atoms with Gasteiger partial charge in [0.1, 0.15) is 0 Å². The van der Waals surface area contributed by atoms with Crippen molar-refractivity contribution in [2.24, 2.45) is 5.73 Å². The van der Waals surface area contributed by atoms with E-state index in [2.05, 4.69) is 25.8 Å². The van der Waals surface area contributed by atoms with E-state index < -0.39 is 0 Å². The fraction of sp³-hybridized carbons (Fsp3) is 1.00. The van der Waals surface area contributed by atoms with Crippen LogP contribution in [0.4, 0.5) is 0 Å². The summed E-state index contributed by atoms with van der Waals surface area (Å²) in [6.07, 6.45) is 1.84. The largest absolute Gasteiger partial charge is 0.396 e. The van der Waals surface area contributed by atoms with Crippen molar-refractivity contribution < 1.29 is 5.11 Å². The molecule has 0 rings (SSSR count). The summed E-state index contributed by atoms with van der Waals surface area (Å²) in [5.74, 6) is 0. The smallest absolute Gasteiger partial charge is 0.0446 e. The van der Waals surface area contributed by atoms with Crippen LogP contribution in [0.5, 0.6) is 0 Å². The van der Waals surface area contributed by atoms with Crippen LogP contribution in [0, 0.1) is 0 Å². The number of aliphatic hydroxyl groups is 1. The van der Waals surface area contributed by atoms with E-state index in [1.54, 1.807) is 0 Å². The lowest BCUT2D eigenvalue weighted by Gasteiger charge is -2.26. The molecule has 0 amide bonds. The SMILES string of the molecule is CCC(C)N(C)CC(N)CCO. The predicted molar refractivity (Wildman–Crippen MR) is 52.1 cm³/mol. The Labute approximate surface area is 75.6 Å². The number of hydrogen-bond acceptors (Lipinski definition) is 3. The first-order valence-electron chi connectivity index (χ1n) is 4.68. The Bertz CT molecular complexity index is 109. The molecule has 0 fully saturated rings. The molecule has 0 radical (unpaired) electrons. The number of likely N-dealkylation sites (N-methyl/N-ethyl adjacent to an activating group) is 1. The second-order valence-corrected chi connectivity index (χ2v) is 3.47. The number of aliphatic hydroxyl groups excluding tert-OH is 1. The summed E-state index contributed by atoms with van der Waals surface area (Å²) in [7, 11) is 2.07. The molecular formula is C9H22N2O. The number of nitrogens with zero attached hydrogens (tertiary/aromatic N) is 1. The third-order valence-corrected chi connectivity index (χ3v) is 2.37. The molecule has 0 aromatic heterocycles. The van der Waals surface area contributed by atoms with E-state index in [1.165, 1.54) is 0 Å². The van der Waals surface area contributed by atoms with E-state index in [9.17, 15) is 0 Å². The number of nitrogens with two attached hydrogens (primary N) is 1. The molecule has 0 aromatic rings. The molecule has 0 aliphatic carbocycles. The van der Waals surface area contributed by atoms with Gasteiger partial charge in [-0.25, -0.2) is 0 Å². The summed E-state index contributed by atoms with van der Waals surface area (Å²) in [5, 5.41) is 8.65. The molecule has 3 nitrogen and oxygen atoms in total. The zero-order chi connectivity index (χ0) is 9.56. The van der Waals surface area contributed by atoms with E-state index in [4.69, 9.17) is 10.8 Å². The first-order chi connectivity index (χ1) is 5.61. The first kappa shape index (κ1) is 11.9. The molecule has 0 aliphatic rings. The van der Waals surface area contributed by atoms with Crippen LogP contribution in [0.3, 0.4) is 0 Å². The van der Waals surface area contributed by atoms with E-state index in [1.807, 2.05) is 0 Å². The molecule has 0 saturated carbocycles. The number of hydrogen-bond donors (Lipinski definition) is 2. The van der Waals surface area contributed by atoms with E-state index in [0.29, 0.717) is 12.5 Å². The lowest BCUT2D eigenvalue weighted by molar-refractivity contribution is 0.212. The van der Waals surface area contributed by atoms with Gasteiger partial charge in [-0.2, -0.15) is 0 Å². The van der Waals surface area contributed by atoms with Crippen LogP contribution < -0.4 is 5.73 Å². The van der Waals surface area contributed by atoms with Gasteiger partial charge in [-0.1, -0.05) is 6.92 Å². The van der Waals surface area contributed by atoms with Crippen LogP contribution in [-0.4, -0.2) is 42.3 Å². The van der Waals surface area contributed by atoms with Crippen molar-refractivity contribution in [3.63, 3.8) is 0 Å². The average Bonchev–Trinajstić information content (AvgIpc) is 2.03. The van der Waals surface area contributed by atoms with Crippen LogP contribution in [0.2, 0.25) is 0 Å². The van der Waals surface area contributed by atoms with Gasteiger partial charge >= 0.3 is 0 Å². The summed E-state index contributed by atoms with van der Waals surface area (Å²) in [6.45, 7) is 5.41. The van der Waals surface area contributed by atoms with Crippen molar-refractivity contribution in [2.45, 2.75) is 38.8 Å². The second kappa shape index (κ2) is 6.40. The van der Waals surface area contributed by atoms with Crippen LogP contribution in [0.15, 0.2) is 0 Å². The Morgan fingerprint density at radius 2 is 2.08 bits per heavy atom. The summed E-state index contributed by atoms with van der Waals surface area (Å²) in [4.78, 5) is 2.24. The molecule has 0 heterocycles. The van der Waals surface area contributed by atoms with Gasteiger partial charge in [0.05, 0.1) is 0 Å². The predicted octanol–water partition coefficient (Wildman–Crippen LogP) is 0.426. The van der Waals surface area contributed by atoms with Gasteiger partial charge in [0.2, 0.25) is 0 Å². The fourth-order valence-corrected chi connectivity index (χ4v) is 1.12. The normalized spacial score (nSPS) is 16.5. The maximum atomic E-state index is 8.65. The Morgan fingerprint density at radius 1 is 1.50 bits per heavy atom. The minimum atomic E-state index is 0.106. The van der Waals surface area contributed by atoms with Crippen molar-refractivity contribution in [3.8, 4) is 0 Å². The summed E-state index contributed by atoms with van der Waals surface area (Å²) in [6, 6.07) is 0.684. The first-order valence-corrected chi connectivity index (χ1v) is 4.68. The molecule has 12 heavy (non-hydrogen) atoms. The maximum absolute atomic E-state index is 8.65. The second-order valence-electron chi connectivity index (χ2n) is 3.47. The van der Waals surface area contributed by atoms with Gasteiger partial charge in [0.15, 0.2) is 0 Å². The Morgan fingerprint density at radius 3 is 2.50 bits per heavy atom. The molecule has 0 spiro atoms. The average molecular weight is 174 g/mol. The highest BCUT2D eigenvalue weighted by atomic mass is 16.3. The van der Waals surface area contributed by atoms with Crippen molar-refractivity contribution in [1.29, 1.82) is 0 Å². The molecule has 0 aliphatic heterocycles. The van der Waals surface area contributed by atoms with E-state index in [-0.39, 0.29) is 12.6 Å². The molecule has 0 bridgehead atoms. The Kier molecular flexibility index (Phi) is 6.34. The zero-order valence-corrected chi connectivity index (χ0v) is 8.45. The van der Waals surface area contributed by atoms with E-state index in [0.717, 1.165) is 13.0 Å². The van der Waals surface area contributed by atoms with Crippen LogP contribution in [0.1, 0.15) is 26.7 Å². The van der Waals surface area contributed by atoms with Crippen molar-refractivity contribution in [2.75, 3.05) is 20.2 Å². The summed E-state index contributed by atoms with van der Waals surface area (Å²) >= 11 is 0. The standard InChI is InChI=1S/C9H22N2O/c1-4-8(2)11(3)7-9(10)5-6-12/h8-9,12H,4-7,10H2,1-3H3. The van der Waals surface area contributed by atoms with Crippen molar-refractivity contribution in [1.82, 2.24) is 4.90 Å². The summed E-state index contributed by atoms with van der Waals surface area (Å²) in [5.41, 5.74) is 5.78. The fourth-order valence-electron chi connectivity index (χ4n) is 1.12. The third-order valence-electron chi connectivity index (χ3n) is 2.37. The van der Waals surface area contributed by atoms with Gasteiger partial charge < -0.3 is 15.7 Å². The summed E-state index contributed by atoms with van der Waals surface area (Å²) < 4.78 is 0. The quantitative estimate of drug-likeness (QED) is 0.614. The van der Waals surface area contributed by atoms with Crippen LogP contribution in [-0.2, 0) is 0 Å². The minimum absolute atomic E-state index is 0.106.